The number of nitrogens with zero attached hydrogens (tertiary/aromatic N) is 2. The van der Waals surface area contributed by atoms with Crippen molar-refractivity contribution < 1.29 is 19.7 Å². The fourth-order valence-corrected chi connectivity index (χ4v) is 8.55. The molecular weight excluding hydrogens is 512 g/mol. The summed E-state index contributed by atoms with van der Waals surface area (Å²) in [6.45, 7) is 10.9. The molecule has 6 nitrogen and oxygen atoms in total. The van der Waals surface area contributed by atoms with Crippen LogP contribution in [-0.4, -0.2) is 69.3 Å². The van der Waals surface area contributed by atoms with Crippen molar-refractivity contribution in [2.45, 2.75) is 95.4 Å². The van der Waals surface area contributed by atoms with Crippen molar-refractivity contribution in [3.8, 4) is 23.3 Å². The monoisotopic (exact) mass is 554 g/mol. The van der Waals surface area contributed by atoms with Crippen molar-refractivity contribution in [1.29, 1.82) is 0 Å². The molecule has 41 heavy (non-hydrogen) atoms. The smallest absolute Gasteiger partial charge is 0.299 e. The average molecular weight is 555 g/mol. The molecule has 2 aromatic carbocycles. The highest BCUT2D eigenvalue weighted by atomic mass is 16.5. The summed E-state index contributed by atoms with van der Waals surface area (Å²) in [6.07, 6.45) is 4.91. The van der Waals surface area contributed by atoms with Gasteiger partial charge in [-0.2, -0.15) is 0 Å². The number of benzene rings is 2. The first-order valence-corrected chi connectivity index (χ1v) is 15.5. The number of likely N-dealkylation sites (tertiary alicyclic amines) is 1. The van der Waals surface area contributed by atoms with Gasteiger partial charge < -0.3 is 19.8 Å². The second kappa shape index (κ2) is 9.51. The predicted octanol–water partition coefficient (Wildman–Crippen LogP) is 4.48. The number of hydrogen-bond donors (Lipinski definition) is 2. The van der Waals surface area contributed by atoms with E-state index in [0.717, 1.165) is 48.5 Å². The van der Waals surface area contributed by atoms with Crippen LogP contribution in [0.15, 0.2) is 30.3 Å². The first-order chi connectivity index (χ1) is 19.6. The van der Waals surface area contributed by atoms with Crippen molar-refractivity contribution in [3.63, 3.8) is 0 Å². The number of carbonyl (C=O) groups is 1. The molecular formula is C35H42N2O4. The number of aromatic hydroxyl groups is 1. The standard InChI is InChI=1S/C35H42N2O4/c1-21(2)19-37(30(39)12-9-24-6-5-22(3)23(4)17-24)27-13-14-35(40)29-18-26-10-11-28(38)32-31(26)34(35,33(27)41-32)15-16-36(29)20-25-7-8-25/h5-6,10-11,17,21,25,27,29,33,38,40H,7-8,13-16,18-20H2,1-4H3/t27-,29-,33+,34+,35-/m1/s1. The van der Waals surface area contributed by atoms with Gasteiger partial charge in [-0.15, -0.1) is 0 Å². The summed E-state index contributed by atoms with van der Waals surface area (Å²) in [5.41, 5.74) is 3.74. The molecule has 2 aromatic rings. The minimum Gasteiger partial charge on any atom is -0.504 e. The summed E-state index contributed by atoms with van der Waals surface area (Å²) in [7, 11) is 0. The van der Waals surface area contributed by atoms with Gasteiger partial charge in [0.2, 0.25) is 0 Å². The highest BCUT2D eigenvalue weighted by molar-refractivity contribution is 5.94. The summed E-state index contributed by atoms with van der Waals surface area (Å²) in [4.78, 5) is 18.4. The Labute approximate surface area is 243 Å². The molecule has 216 valence electrons. The van der Waals surface area contributed by atoms with E-state index in [1.807, 2.05) is 29.2 Å². The van der Waals surface area contributed by atoms with Crippen LogP contribution in [0.2, 0.25) is 0 Å². The lowest BCUT2D eigenvalue weighted by Gasteiger charge is -2.64. The van der Waals surface area contributed by atoms with Gasteiger partial charge in [0.05, 0.1) is 17.1 Å². The Kier molecular flexibility index (Phi) is 6.23. The number of amides is 1. The van der Waals surface area contributed by atoms with E-state index in [1.165, 1.54) is 24.0 Å². The molecule has 2 heterocycles. The third kappa shape index (κ3) is 4.03. The molecule has 7 rings (SSSR count). The predicted molar refractivity (Wildman–Crippen MR) is 158 cm³/mol. The fraction of sp³-hybridized carbons (Fsp3) is 0.571. The van der Waals surface area contributed by atoms with E-state index < -0.39 is 17.1 Å². The first kappa shape index (κ1) is 26.9. The lowest BCUT2D eigenvalue weighted by molar-refractivity contribution is -0.201. The van der Waals surface area contributed by atoms with Crippen LogP contribution >= 0.6 is 0 Å². The van der Waals surface area contributed by atoms with Gasteiger partial charge >= 0.3 is 0 Å². The second-order valence-electron chi connectivity index (χ2n) is 13.8. The fourth-order valence-electron chi connectivity index (χ4n) is 8.55. The van der Waals surface area contributed by atoms with Crippen molar-refractivity contribution in [2.75, 3.05) is 19.6 Å². The Morgan fingerprint density at radius 2 is 1.95 bits per heavy atom. The molecule has 0 unspecified atom stereocenters. The number of phenols is 1. The molecule has 2 aliphatic heterocycles. The summed E-state index contributed by atoms with van der Waals surface area (Å²) < 4.78 is 6.75. The molecule has 1 amide bonds. The molecule has 1 saturated heterocycles. The van der Waals surface area contributed by atoms with Crippen LogP contribution in [0.25, 0.3) is 0 Å². The maximum atomic E-state index is 13.9. The van der Waals surface area contributed by atoms with Crippen LogP contribution in [0.5, 0.6) is 11.5 Å². The number of aryl methyl sites for hydroxylation is 2. The molecule has 1 spiro atoms. The quantitative estimate of drug-likeness (QED) is 0.534. The number of ether oxygens (including phenoxy) is 1. The molecule has 0 radical (unpaired) electrons. The van der Waals surface area contributed by atoms with Crippen molar-refractivity contribution >= 4 is 5.91 Å². The Morgan fingerprint density at radius 3 is 2.68 bits per heavy atom. The molecule has 5 atom stereocenters. The maximum Gasteiger partial charge on any atom is 0.299 e. The van der Waals surface area contributed by atoms with Crippen LogP contribution in [-0.2, 0) is 16.6 Å². The van der Waals surface area contributed by atoms with E-state index in [9.17, 15) is 15.0 Å². The average Bonchev–Trinajstić information content (AvgIpc) is 3.68. The minimum absolute atomic E-state index is 0.0192. The van der Waals surface area contributed by atoms with Gasteiger partial charge in [-0.3, -0.25) is 9.69 Å². The maximum absolute atomic E-state index is 13.9. The molecule has 5 aliphatic rings. The summed E-state index contributed by atoms with van der Waals surface area (Å²) in [6, 6.07) is 9.59. The SMILES string of the molecule is Cc1ccc(C#CC(=O)N(CC(C)C)[C@@H]2CC[C@@]3(O)[C@H]4Cc5ccc(O)c6c5[C@@]3(CCN4CC3CC3)[C@H]2O6)cc1C. The molecule has 2 saturated carbocycles. The highest BCUT2D eigenvalue weighted by Crippen LogP contribution is 2.66. The largest absolute Gasteiger partial charge is 0.504 e. The van der Waals surface area contributed by atoms with Gasteiger partial charge in [-0.05, 0) is 106 Å². The Morgan fingerprint density at radius 1 is 1.15 bits per heavy atom. The van der Waals surface area contributed by atoms with Gasteiger partial charge in [0.25, 0.3) is 5.91 Å². The summed E-state index contributed by atoms with van der Waals surface area (Å²) in [5.74, 6) is 7.51. The number of phenolic OH excluding ortho intramolecular Hbond substituents is 1. The van der Waals surface area contributed by atoms with Crippen molar-refractivity contribution in [1.82, 2.24) is 9.80 Å². The van der Waals surface area contributed by atoms with Crippen LogP contribution in [0.4, 0.5) is 0 Å². The Balaban J connectivity index is 1.28. The van der Waals surface area contributed by atoms with Gasteiger partial charge in [0, 0.05) is 36.2 Å². The van der Waals surface area contributed by atoms with Crippen LogP contribution in [0.3, 0.4) is 0 Å². The number of rotatable bonds is 5. The van der Waals surface area contributed by atoms with E-state index in [1.54, 1.807) is 6.07 Å². The normalized spacial score (nSPS) is 31.2. The zero-order valence-electron chi connectivity index (χ0n) is 24.7. The first-order valence-electron chi connectivity index (χ1n) is 15.5. The van der Waals surface area contributed by atoms with E-state index in [0.29, 0.717) is 25.1 Å². The van der Waals surface area contributed by atoms with Crippen LogP contribution in [0, 0.1) is 37.5 Å². The van der Waals surface area contributed by atoms with E-state index in [2.05, 4.69) is 44.4 Å². The topological polar surface area (TPSA) is 73.2 Å². The van der Waals surface area contributed by atoms with Gasteiger partial charge in [0.15, 0.2) is 11.5 Å². The van der Waals surface area contributed by atoms with E-state index in [4.69, 9.17) is 4.74 Å². The Hall–Kier alpha value is -3.01. The van der Waals surface area contributed by atoms with Crippen LogP contribution in [0.1, 0.15) is 73.8 Å². The number of hydrogen-bond acceptors (Lipinski definition) is 5. The lowest BCUT2D eigenvalue weighted by atomic mass is 9.48. The van der Waals surface area contributed by atoms with Crippen LogP contribution < -0.4 is 4.74 Å². The number of piperidine rings is 1. The van der Waals surface area contributed by atoms with E-state index >= 15 is 0 Å². The van der Waals surface area contributed by atoms with Crippen molar-refractivity contribution in [2.24, 2.45) is 11.8 Å². The highest BCUT2D eigenvalue weighted by Gasteiger charge is 2.73. The Bertz CT molecular complexity index is 1470. The summed E-state index contributed by atoms with van der Waals surface area (Å²) >= 11 is 0. The lowest BCUT2D eigenvalue weighted by Crippen LogP contribution is -2.78. The van der Waals surface area contributed by atoms with E-state index in [-0.39, 0.29) is 29.7 Å². The zero-order chi connectivity index (χ0) is 28.7. The molecule has 2 bridgehead atoms. The van der Waals surface area contributed by atoms with Gasteiger partial charge in [-0.1, -0.05) is 31.9 Å². The molecule has 6 heteroatoms. The molecule has 3 aliphatic carbocycles. The number of carbonyl (C=O) groups excluding carboxylic acids is 1. The van der Waals surface area contributed by atoms with Gasteiger partial charge in [-0.25, -0.2) is 0 Å². The third-order valence-electron chi connectivity index (χ3n) is 10.8. The molecule has 3 fully saturated rings. The zero-order valence-corrected chi connectivity index (χ0v) is 24.7. The molecule has 2 N–H and O–H groups in total. The van der Waals surface area contributed by atoms with Gasteiger partial charge in [0.1, 0.15) is 6.10 Å². The second-order valence-corrected chi connectivity index (χ2v) is 13.8. The minimum atomic E-state index is -0.967. The third-order valence-corrected chi connectivity index (χ3v) is 10.8. The number of aliphatic hydroxyl groups is 1. The summed E-state index contributed by atoms with van der Waals surface area (Å²) in [5, 5.41) is 23.8. The molecule has 0 aromatic heterocycles. The van der Waals surface area contributed by atoms with Crippen molar-refractivity contribution in [3.05, 3.63) is 58.1 Å².